The van der Waals surface area contributed by atoms with Crippen molar-refractivity contribution in [1.29, 1.82) is 0 Å². The first-order valence-electron chi connectivity index (χ1n) is 8.86. The van der Waals surface area contributed by atoms with Gasteiger partial charge in [0.05, 0.1) is 33.4 Å². The zero-order chi connectivity index (χ0) is 18.5. The Morgan fingerprint density at radius 2 is 1.84 bits per heavy atom. The van der Waals surface area contributed by atoms with Crippen molar-refractivity contribution in [2.75, 3.05) is 33.4 Å². The summed E-state index contributed by atoms with van der Waals surface area (Å²) in [5.74, 6) is 0.917. The highest BCUT2D eigenvalue weighted by molar-refractivity contribution is 7.80. The van der Waals surface area contributed by atoms with E-state index in [-0.39, 0.29) is 6.61 Å². The van der Waals surface area contributed by atoms with Gasteiger partial charge < -0.3 is 9.22 Å². The van der Waals surface area contributed by atoms with Gasteiger partial charge in [0, 0.05) is 12.0 Å². The van der Waals surface area contributed by atoms with E-state index in [2.05, 4.69) is 30.2 Å². The van der Waals surface area contributed by atoms with Gasteiger partial charge in [0.15, 0.2) is 0 Å². The van der Waals surface area contributed by atoms with Crippen LogP contribution in [0.5, 0.6) is 5.75 Å². The second-order valence-electron chi connectivity index (χ2n) is 7.07. The lowest BCUT2D eigenvalue weighted by Crippen LogP contribution is -2.51. The Kier molecular flexibility index (Phi) is 6.85. The molecule has 1 heterocycles. The van der Waals surface area contributed by atoms with Crippen LogP contribution in [-0.4, -0.2) is 50.8 Å². The van der Waals surface area contributed by atoms with Crippen LogP contribution >= 0.6 is 0 Å². The van der Waals surface area contributed by atoms with E-state index < -0.39 is 10.4 Å². The zero-order valence-electron chi connectivity index (χ0n) is 15.5. The average Bonchev–Trinajstić information content (AvgIpc) is 2.55. The predicted molar refractivity (Wildman–Crippen MR) is 97.0 cm³/mol. The van der Waals surface area contributed by atoms with Crippen molar-refractivity contribution >= 4 is 10.4 Å². The highest BCUT2D eigenvalue weighted by atomic mass is 32.3. The molecule has 1 aromatic rings. The first-order chi connectivity index (χ1) is 11.7. The summed E-state index contributed by atoms with van der Waals surface area (Å²) in [4.78, 5) is 0. The normalized spacial score (nSPS) is 17.4. The third-order valence-electron chi connectivity index (χ3n) is 5.19. The lowest BCUT2D eigenvalue weighted by atomic mass is 10.0. The molecule has 1 fully saturated rings. The van der Waals surface area contributed by atoms with E-state index >= 15 is 0 Å². The summed E-state index contributed by atoms with van der Waals surface area (Å²) >= 11 is 0. The van der Waals surface area contributed by atoms with Crippen molar-refractivity contribution in [1.82, 2.24) is 0 Å². The Bertz CT molecular complexity index is 681. The van der Waals surface area contributed by atoms with E-state index in [0.29, 0.717) is 6.42 Å². The third-order valence-corrected chi connectivity index (χ3v) is 5.66. The number of aryl methyl sites for hydroxylation is 1. The second kappa shape index (κ2) is 8.49. The molecule has 1 N–H and O–H groups in total. The van der Waals surface area contributed by atoms with Gasteiger partial charge in [-0.2, -0.15) is 8.42 Å². The summed E-state index contributed by atoms with van der Waals surface area (Å²) in [7, 11) is -2.65. The maximum atomic E-state index is 10.7. The van der Waals surface area contributed by atoms with Gasteiger partial charge in [-0.1, -0.05) is 0 Å². The molecule has 1 aliphatic rings. The average molecular weight is 373 g/mol. The molecule has 0 unspecified atom stereocenters. The van der Waals surface area contributed by atoms with E-state index in [9.17, 15) is 8.42 Å². The van der Waals surface area contributed by atoms with Crippen molar-refractivity contribution in [2.24, 2.45) is 0 Å². The van der Waals surface area contributed by atoms with Gasteiger partial charge >= 0.3 is 10.4 Å². The topological polar surface area (TPSA) is 72.8 Å². The Hall–Kier alpha value is -1.15. The number of hydrogen-bond acceptors (Lipinski definition) is 4. The molecule has 7 heteroatoms. The number of hydrogen-bond donors (Lipinski definition) is 1. The van der Waals surface area contributed by atoms with Gasteiger partial charge in [0.2, 0.25) is 0 Å². The van der Waals surface area contributed by atoms with Gasteiger partial charge in [-0.3, -0.25) is 4.55 Å². The van der Waals surface area contributed by atoms with Crippen LogP contribution in [0, 0.1) is 13.8 Å². The lowest BCUT2D eigenvalue weighted by Gasteiger charge is -2.42. The molecular formula is C18H30NO5S+. The smallest absolute Gasteiger partial charge is 0.397 e. The van der Waals surface area contributed by atoms with Crippen LogP contribution < -0.4 is 4.74 Å². The van der Waals surface area contributed by atoms with Crippen LogP contribution in [0.15, 0.2) is 12.1 Å². The van der Waals surface area contributed by atoms with E-state index in [0.717, 1.165) is 42.0 Å². The van der Waals surface area contributed by atoms with Gasteiger partial charge in [-0.25, -0.2) is 4.18 Å². The summed E-state index contributed by atoms with van der Waals surface area (Å²) in [5.41, 5.74) is 3.63. The quantitative estimate of drug-likeness (QED) is 0.431. The second-order valence-corrected chi connectivity index (χ2v) is 8.17. The van der Waals surface area contributed by atoms with Crippen molar-refractivity contribution in [3.05, 3.63) is 28.8 Å². The van der Waals surface area contributed by atoms with Crippen LogP contribution in [0.3, 0.4) is 0 Å². The van der Waals surface area contributed by atoms with Crippen LogP contribution in [0.1, 0.15) is 42.4 Å². The van der Waals surface area contributed by atoms with Crippen LogP contribution in [0.2, 0.25) is 0 Å². The molecular weight excluding hydrogens is 342 g/mol. The number of methoxy groups -OCH3 is 1. The van der Waals surface area contributed by atoms with E-state index in [1.54, 1.807) is 7.11 Å². The van der Waals surface area contributed by atoms with E-state index in [1.165, 1.54) is 30.4 Å². The minimum Gasteiger partial charge on any atom is -0.496 e. The molecule has 142 valence electrons. The summed E-state index contributed by atoms with van der Waals surface area (Å²) < 4.78 is 41.0. The highest BCUT2D eigenvalue weighted by Gasteiger charge is 2.30. The fraction of sp³-hybridized carbons (Fsp3) is 0.667. The summed E-state index contributed by atoms with van der Waals surface area (Å²) in [6.45, 7) is 8.10. The number of quaternary nitrogens is 1. The van der Waals surface area contributed by atoms with Crippen LogP contribution in [-0.2, 0) is 21.1 Å². The molecule has 0 radical (unpaired) electrons. The van der Waals surface area contributed by atoms with Crippen molar-refractivity contribution in [3.8, 4) is 5.75 Å². The minimum atomic E-state index is -4.35. The molecule has 0 aromatic heterocycles. The molecule has 1 saturated heterocycles. The molecule has 0 atom stereocenters. The largest absolute Gasteiger partial charge is 0.496 e. The van der Waals surface area contributed by atoms with Gasteiger partial charge in [0.1, 0.15) is 12.3 Å². The first kappa shape index (κ1) is 20.2. The molecule has 0 aliphatic carbocycles. The first-order valence-corrected chi connectivity index (χ1v) is 10.2. The Morgan fingerprint density at radius 1 is 1.16 bits per heavy atom. The Morgan fingerprint density at radius 3 is 2.44 bits per heavy atom. The molecule has 0 spiro atoms. The molecule has 1 aromatic carbocycles. The maximum absolute atomic E-state index is 10.7. The standard InChI is InChI=1S/C18H29NO5S/c1-15-12-17(13-18(23-3)16(15)2)14-19(8-5-4-6-9-19)10-7-11-24-25(20,21)22/h12-13H,4-11,14H2,1-3H3/p+1. The minimum absolute atomic E-state index is 0.0229. The zero-order valence-corrected chi connectivity index (χ0v) is 16.3. The van der Waals surface area contributed by atoms with Crippen molar-refractivity contribution in [2.45, 2.75) is 46.1 Å². The number of rotatable bonds is 8. The third kappa shape index (κ3) is 5.95. The van der Waals surface area contributed by atoms with Gasteiger partial charge in [-0.15, -0.1) is 0 Å². The highest BCUT2D eigenvalue weighted by Crippen LogP contribution is 2.28. The molecule has 25 heavy (non-hydrogen) atoms. The van der Waals surface area contributed by atoms with Gasteiger partial charge in [0.25, 0.3) is 0 Å². The molecule has 0 amide bonds. The number of nitrogens with zero attached hydrogens (tertiary/aromatic N) is 1. The summed E-state index contributed by atoms with van der Waals surface area (Å²) in [5, 5.41) is 0. The van der Waals surface area contributed by atoms with Crippen molar-refractivity contribution in [3.63, 3.8) is 0 Å². The molecule has 0 saturated carbocycles. The maximum Gasteiger partial charge on any atom is 0.397 e. The molecule has 2 rings (SSSR count). The summed E-state index contributed by atoms with van der Waals surface area (Å²) in [6.07, 6.45) is 4.21. The van der Waals surface area contributed by atoms with Crippen LogP contribution in [0.25, 0.3) is 0 Å². The summed E-state index contributed by atoms with van der Waals surface area (Å²) in [6, 6.07) is 4.34. The number of benzene rings is 1. The molecule has 6 nitrogen and oxygen atoms in total. The van der Waals surface area contributed by atoms with E-state index in [4.69, 9.17) is 9.29 Å². The molecule has 1 aliphatic heterocycles. The van der Waals surface area contributed by atoms with Crippen LogP contribution in [0.4, 0.5) is 0 Å². The van der Waals surface area contributed by atoms with E-state index in [1.807, 2.05) is 0 Å². The van der Waals surface area contributed by atoms with Gasteiger partial charge in [-0.05, 0) is 56.4 Å². The Balaban J connectivity index is 2.10. The lowest BCUT2D eigenvalue weighted by molar-refractivity contribution is -0.945. The SMILES string of the molecule is COc1cc(C[N+]2(CCCOS(=O)(=O)O)CCCCC2)cc(C)c1C. The molecule has 0 bridgehead atoms. The Labute approximate surface area is 151 Å². The number of piperidine rings is 1. The fourth-order valence-corrected chi connectivity index (χ4v) is 4.13. The number of ether oxygens (including phenoxy) is 1. The van der Waals surface area contributed by atoms with Crippen molar-refractivity contribution < 1.29 is 26.4 Å². The monoisotopic (exact) mass is 372 g/mol. The fourth-order valence-electron chi connectivity index (χ4n) is 3.80. The predicted octanol–water partition coefficient (Wildman–Crippen LogP) is 3.02. The number of likely N-dealkylation sites (tertiary alicyclic amines) is 1.